The van der Waals surface area contributed by atoms with Gasteiger partial charge in [-0.05, 0) is 29.6 Å². The molecule has 0 aromatic carbocycles. The molecule has 1 N–H and O–H groups in total. The monoisotopic (exact) mass is 306 g/mol. The van der Waals surface area contributed by atoms with Crippen LogP contribution in [0.1, 0.15) is 0 Å². The lowest BCUT2D eigenvalue weighted by atomic mass is 10.9. The Hall–Kier alpha value is -0.640. The third-order valence-corrected chi connectivity index (χ3v) is 4.54. The zero-order chi connectivity index (χ0) is 12.3. The van der Waals surface area contributed by atoms with Crippen molar-refractivity contribution in [3.8, 4) is 0 Å². The van der Waals surface area contributed by atoms with Gasteiger partial charge in [-0.2, -0.15) is 15.0 Å². The highest BCUT2D eigenvalue weighted by molar-refractivity contribution is 8.02. The Morgan fingerprint density at radius 2 is 1.94 bits per heavy atom. The Kier molecular flexibility index (Phi) is 4.37. The minimum atomic E-state index is 0.154. The average Bonchev–Trinajstić information content (AvgIpc) is 2.76. The van der Waals surface area contributed by atoms with Gasteiger partial charge in [0, 0.05) is 7.05 Å². The quantitative estimate of drug-likeness (QED) is 0.862. The molecule has 10 heteroatoms. The van der Waals surface area contributed by atoms with E-state index in [1.165, 1.54) is 23.1 Å². The minimum absolute atomic E-state index is 0.154. The normalized spacial score (nSPS) is 10.5. The molecule has 0 aliphatic rings. The van der Waals surface area contributed by atoms with Gasteiger partial charge in [-0.15, -0.1) is 10.2 Å². The van der Waals surface area contributed by atoms with Crippen LogP contribution in [0.3, 0.4) is 0 Å². The Morgan fingerprint density at radius 3 is 2.59 bits per heavy atom. The van der Waals surface area contributed by atoms with E-state index in [0.717, 1.165) is 8.68 Å². The van der Waals surface area contributed by atoms with E-state index in [1.54, 1.807) is 18.8 Å². The molecule has 2 heterocycles. The summed E-state index contributed by atoms with van der Waals surface area (Å²) in [5.74, 6) is 0.433. The van der Waals surface area contributed by atoms with Gasteiger partial charge < -0.3 is 5.32 Å². The second-order valence-corrected chi connectivity index (χ2v) is 6.18. The number of nitrogens with one attached hydrogen (secondary N) is 1. The topological polar surface area (TPSA) is 76.5 Å². The van der Waals surface area contributed by atoms with Crippen LogP contribution in [0.2, 0.25) is 5.28 Å². The van der Waals surface area contributed by atoms with Crippen molar-refractivity contribution in [2.24, 2.45) is 0 Å². The first kappa shape index (κ1) is 12.8. The largest absolute Gasteiger partial charge is 0.357 e. The maximum absolute atomic E-state index is 5.78. The summed E-state index contributed by atoms with van der Waals surface area (Å²) in [5, 5.41) is 11.5. The summed E-state index contributed by atoms with van der Waals surface area (Å²) >= 11 is 10.1. The first-order chi connectivity index (χ1) is 8.21. The van der Waals surface area contributed by atoms with Gasteiger partial charge in [-0.25, -0.2) is 0 Å². The smallest absolute Gasteiger partial charge is 0.228 e. The van der Waals surface area contributed by atoms with Gasteiger partial charge >= 0.3 is 0 Å². The van der Waals surface area contributed by atoms with Crippen LogP contribution >= 0.6 is 46.5 Å². The number of thioether (sulfide) groups is 1. The predicted molar refractivity (Wildman–Crippen MR) is 70.2 cm³/mol. The molecule has 2 aromatic rings. The Bertz CT molecular complexity index is 518. The van der Waals surface area contributed by atoms with Gasteiger partial charge in [0.2, 0.25) is 16.4 Å². The molecule has 6 nitrogen and oxygen atoms in total. The van der Waals surface area contributed by atoms with Crippen molar-refractivity contribution in [2.45, 2.75) is 13.8 Å². The molecule has 17 heavy (non-hydrogen) atoms. The molecule has 0 amide bonds. The predicted octanol–water partition coefficient (Wildman–Crippen LogP) is 2.29. The molecular weight excluding hydrogens is 300 g/mol. The molecule has 0 unspecified atom stereocenters. The van der Waals surface area contributed by atoms with Crippen LogP contribution in [-0.2, 0) is 0 Å². The molecule has 90 valence electrons. The van der Waals surface area contributed by atoms with Crippen LogP contribution in [0.15, 0.2) is 13.8 Å². The second-order valence-electron chi connectivity index (χ2n) is 2.60. The summed E-state index contributed by atoms with van der Waals surface area (Å²) in [5.41, 5.74) is 0. The molecule has 2 aromatic heterocycles. The lowest BCUT2D eigenvalue weighted by molar-refractivity contribution is 0.900. The molecule has 0 aliphatic heterocycles. The molecule has 0 saturated heterocycles. The van der Waals surface area contributed by atoms with Crippen molar-refractivity contribution in [1.82, 2.24) is 25.1 Å². The number of hydrogen-bond acceptors (Lipinski definition) is 9. The van der Waals surface area contributed by atoms with Crippen LogP contribution < -0.4 is 5.32 Å². The van der Waals surface area contributed by atoms with E-state index < -0.39 is 0 Å². The van der Waals surface area contributed by atoms with Gasteiger partial charge in [0.15, 0.2) is 8.68 Å². The fraction of sp³-hybridized carbons (Fsp3) is 0.286. The summed E-state index contributed by atoms with van der Waals surface area (Å²) in [6.45, 7) is 0. The molecular formula is C7H7ClN6S3. The zero-order valence-corrected chi connectivity index (χ0v) is 12.0. The van der Waals surface area contributed by atoms with Crippen molar-refractivity contribution < 1.29 is 0 Å². The van der Waals surface area contributed by atoms with Crippen molar-refractivity contribution in [3.63, 3.8) is 0 Å². The first-order valence-corrected chi connectivity index (χ1v) is 7.59. The summed E-state index contributed by atoms with van der Waals surface area (Å²) in [4.78, 5) is 12.1. The number of aromatic nitrogens is 5. The molecule has 0 aliphatic carbocycles. The standard InChI is InChI=1S/C7H7ClN6S3/c1-9-4-10-3(8)11-5(12-4)16-7-14-13-6(15-2)17-7/h1-2H3,(H,9,10,11,12). The van der Waals surface area contributed by atoms with E-state index in [-0.39, 0.29) is 5.28 Å². The van der Waals surface area contributed by atoms with Crippen molar-refractivity contribution in [3.05, 3.63) is 5.28 Å². The van der Waals surface area contributed by atoms with Crippen molar-refractivity contribution in [2.75, 3.05) is 18.6 Å². The van der Waals surface area contributed by atoms with E-state index in [1.807, 2.05) is 6.26 Å². The highest BCUT2D eigenvalue weighted by Gasteiger charge is 2.10. The van der Waals surface area contributed by atoms with Gasteiger partial charge in [0.1, 0.15) is 0 Å². The van der Waals surface area contributed by atoms with Gasteiger partial charge in [-0.1, -0.05) is 23.1 Å². The van der Waals surface area contributed by atoms with E-state index in [0.29, 0.717) is 11.1 Å². The summed E-state index contributed by atoms with van der Waals surface area (Å²) in [6.07, 6.45) is 1.95. The number of nitrogens with zero attached hydrogens (tertiary/aromatic N) is 5. The summed E-state index contributed by atoms with van der Waals surface area (Å²) in [7, 11) is 1.72. The lowest BCUT2D eigenvalue weighted by Gasteiger charge is -2.00. The number of hydrogen-bond donors (Lipinski definition) is 1. The molecule has 0 saturated carbocycles. The Labute approximate surface area is 115 Å². The van der Waals surface area contributed by atoms with Crippen molar-refractivity contribution in [1.29, 1.82) is 0 Å². The molecule has 0 spiro atoms. The van der Waals surface area contributed by atoms with Crippen molar-refractivity contribution >= 4 is 52.4 Å². The first-order valence-electron chi connectivity index (χ1n) is 4.36. The SMILES string of the molecule is CNc1nc(Cl)nc(Sc2nnc(SC)s2)n1. The van der Waals surface area contributed by atoms with Crippen LogP contribution in [0, 0.1) is 0 Å². The maximum Gasteiger partial charge on any atom is 0.228 e. The van der Waals surface area contributed by atoms with E-state index in [9.17, 15) is 0 Å². The minimum Gasteiger partial charge on any atom is -0.357 e. The molecule has 0 bridgehead atoms. The molecule has 0 fully saturated rings. The summed E-state index contributed by atoms with van der Waals surface area (Å²) < 4.78 is 1.68. The number of anilines is 1. The van der Waals surface area contributed by atoms with Gasteiger partial charge in [-0.3, -0.25) is 0 Å². The molecule has 0 radical (unpaired) electrons. The summed E-state index contributed by atoms with van der Waals surface area (Å²) in [6, 6.07) is 0. The highest BCUT2D eigenvalue weighted by Crippen LogP contribution is 2.31. The number of rotatable bonds is 4. The Morgan fingerprint density at radius 1 is 1.18 bits per heavy atom. The number of halogens is 1. The van der Waals surface area contributed by atoms with E-state index in [4.69, 9.17) is 11.6 Å². The zero-order valence-electron chi connectivity index (χ0n) is 8.84. The fourth-order valence-electron chi connectivity index (χ4n) is 0.888. The second kappa shape index (κ2) is 5.80. The molecule has 0 atom stereocenters. The Balaban J connectivity index is 2.20. The van der Waals surface area contributed by atoms with Crippen LogP contribution in [0.4, 0.5) is 5.95 Å². The third kappa shape index (κ3) is 3.41. The maximum atomic E-state index is 5.78. The van der Waals surface area contributed by atoms with Crippen LogP contribution in [-0.4, -0.2) is 38.5 Å². The van der Waals surface area contributed by atoms with E-state index >= 15 is 0 Å². The molecule has 2 rings (SSSR count). The fourth-order valence-corrected chi connectivity index (χ4v) is 3.39. The third-order valence-electron chi connectivity index (χ3n) is 1.55. The van der Waals surface area contributed by atoms with E-state index in [2.05, 4.69) is 30.5 Å². The lowest BCUT2D eigenvalue weighted by Crippen LogP contribution is -1.99. The highest BCUT2D eigenvalue weighted by atomic mass is 35.5. The van der Waals surface area contributed by atoms with Gasteiger partial charge in [0.05, 0.1) is 0 Å². The van der Waals surface area contributed by atoms with Gasteiger partial charge in [0.25, 0.3) is 0 Å². The average molecular weight is 307 g/mol. The van der Waals surface area contributed by atoms with Crippen LogP contribution in [0.5, 0.6) is 0 Å². The van der Waals surface area contributed by atoms with Crippen LogP contribution in [0.25, 0.3) is 0 Å².